The van der Waals surface area contributed by atoms with E-state index in [1.54, 1.807) is 6.33 Å². The minimum atomic E-state index is 0.750. The van der Waals surface area contributed by atoms with Crippen LogP contribution in [0.25, 0.3) is 0 Å². The zero-order chi connectivity index (χ0) is 13.9. The number of aryl methyl sites for hydroxylation is 1. The van der Waals surface area contributed by atoms with Crippen LogP contribution in [0.2, 0.25) is 0 Å². The molecule has 0 spiro atoms. The van der Waals surface area contributed by atoms with Crippen molar-refractivity contribution in [3.05, 3.63) is 46.9 Å². The predicted octanol–water partition coefficient (Wildman–Crippen LogP) is 2.86. The van der Waals surface area contributed by atoms with Crippen molar-refractivity contribution in [3.8, 4) is 0 Å². The average molecular weight is 268 g/mol. The number of nitrogens with one attached hydrogen (secondary N) is 1. The van der Waals surface area contributed by atoms with E-state index in [4.69, 9.17) is 5.73 Å². The number of fused-ring (bicyclic) bond motifs is 1. The van der Waals surface area contributed by atoms with E-state index in [1.807, 2.05) is 12.1 Å². The summed E-state index contributed by atoms with van der Waals surface area (Å²) >= 11 is 0. The first-order chi connectivity index (χ1) is 9.75. The summed E-state index contributed by atoms with van der Waals surface area (Å²) in [6.45, 7) is 2.81. The van der Waals surface area contributed by atoms with Gasteiger partial charge in [-0.1, -0.05) is 12.1 Å². The minimum Gasteiger partial charge on any atom is -0.399 e. The van der Waals surface area contributed by atoms with E-state index in [0.717, 1.165) is 36.5 Å². The lowest BCUT2D eigenvalue weighted by molar-refractivity contribution is 0.663. The molecule has 0 aliphatic heterocycles. The largest absolute Gasteiger partial charge is 0.399 e. The molecule has 1 aliphatic rings. The highest BCUT2D eigenvalue weighted by Crippen LogP contribution is 2.25. The summed E-state index contributed by atoms with van der Waals surface area (Å²) in [5.41, 5.74) is 11.6. The van der Waals surface area contributed by atoms with Crippen LogP contribution in [0.15, 0.2) is 24.5 Å². The third kappa shape index (κ3) is 2.46. The van der Waals surface area contributed by atoms with Crippen LogP contribution in [-0.2, 0) is 19.4 Å². The van der Waals surface area contributed by atoms with Gasteiger partial charge in [-0.25, -0.2) is 9.97 Å². The van der Waals surface area contributed by atoms with Crippen LogP contribution in [-0.4, -0.2) is 9.97 Å². The first kappa shape index (κ1) is 12.9. The maximum absolute atomic E-state index is 5.95. The van der Waals surface area contributed by atoms with Gasteiger partial charge in [0, 0.05) is 23.5 Å². The SMILES string of the molecule is Cc1c(N)cccc1CNc1ncnc2c1CCCC2. The molecule has 0 amide bonds. The van der Waals surface area contributed by atoms with Crippen LogP contribution in [0.1, 0.15) is 35.2 Å². The van der Waals surface area contributed by atoms with Gasteiger partial charge in [-0.15, -0.1) is 0 Å². The molecule has 3 rings (SSSR count). The molecular formula is C16H20N4. The standard InChI is InChI=1S/C16H20N4/c1-11-12(5-4-7-14(11)17)9-18-16-13-6-2-3-8-15(13)19-10-20-16/h4-5,7,10H,2-3,6,8-9,17H2,1H3,(H,18,19,20). The van der Waals surface area contributed by atoms with E-state index in [0.29, 0.717) is 0 Å². The Morgan fingerprint density at radius 2 is 2.05 bits per heavy atom. The minimum absolute atomic E-state index is 0.750. The number of aromatic nitrogens is 2. The second kappa shape index (κ2) is 5.49. The zero-order valence-corrected chi connectivity index (χ0v) is 11.8. The smallest absolute Gasteiger partial charge is 0.133 e. The normalized spacial score (nSPS) is 13.8. The van der Waals surface area contributed by atoms with E-state index in [1.165, 1.54) is 29.7 Å². The molecule has 3 N–H and O–H groups in total. The molecule has 104 valence electrons. The molecule has 0 saturated heterocycles. The molecule has 0 saturated carbocycles. The Kier molecular flexibility index (Phi) is 3.54. The first-order valence-corrected chi connectivity index (χ1v) is 7.16. The Balaban J connectivity index is 1.80. The molecule has 0 radical (unpaired) electrons. The molecule has 1 aromatic carbocycles. The van der Waals surface area contributed by atoms with Gasteiger partial charge >= 0.3 is 0 Å². The third-order valence-corrected chi connectivity index (χ3v) is 4.06. The first-order valence-electron chi connectivity index (χ1n) is 7.16. The Morgan fingerprint density at radius 1 is 1.20 bits per heavy atom. The van der Waals surface area contributed by atoms with Crippen LogP contribution in [0, 0.1) is 6.92 Å². The summed E-state index contributed by atoms with van der Waals surface area (Å²) in [4.78, 5) is 8.80. The van der Waals surface area contributed by atoms with E-state index in [2.05, 4.69) is 28.3 Å². The van der Waals surface area contributed by atoms with Gasteiger partial charge in [0.15, 0.2) is 0 Å². The average Bonchev–Trinajstić information content (AvgIpc) is 2.49. The molecule has 1 heterocycles. The van der Waals surface area contributed by atoms with Crippen molar-refractivity contribution in [1.29, 1.82) is 0 Å². The van der Waals surface area contributed by atoms with E-state index < -0.39 is 0 Å². The summed E-state index contributed by atoms with van der Waals surface area (Å²) in [6, 6.07) is 6.03. The molecule has 4 nitrogen and oxygen atoms in total. The summed E-state index contributed by atoms with van der Waals surface area (Å²) < 4.78 is 0. The molecule has 0 fully saturated rings. The maximum Gasteiger partial charge on any atom is 0.133 e. The monoisotopic (exact) mass is 268 g/mol. The number of hydrogen-bond acceptors (Lipinski definition) is 4. The van der Waals surface area contributed by atoms with Gasteiger partial charge in [0.05, 0.1) is 0 Å². The van der Waals surface area contributed by atoms with Gasteiger partial charge < -0.3 is 11.1 Å². The third-order valence-electron chi connectivity index (χ3n) is 4.06. The van der Waals surface area contributed by atoms with Crippen molar-refractivity contribution in [3.63, 3.8) is 0 Å². The molecule has 0 atom stereocenters. The Hall–Kier alpha value is -2.10. The highest BCUT2D eigenvalue weighted by molar-refractivity contribution is 5.52. The van der Waals surface area contributed by atoms with E-state index >= 15 is 0 Å². The topological polar surface area (TPSA) is 63.8 Å². The molecular weight excluding hydrogens is 248 g/mol. The van der Waals surface area contributed by atoms with Crippen molar-refractivity contribution in [2.45, 2.75) is 39.2 Å². The fourth-order valence-electron chi connectivity index (χ4n) is 2.75. The van der Waals surface area contributed by atoms with Gasteiger partial charge in [0.2, 0.25) is 0 Å². The lowest BCUT2D eigenvalue weighted by Crippen LogP contribution is -2.12. The van der Waals surface area contributed by atoms with Crippen molar-refractivity contribution >= 4 is 11.5 Å². The lowest BCUT2D eigenvalue weighted by Gasteiger charge is -2.18. The van der Waals surface area contributed by atoms with Crippen LogP contribution in [0.3, 0.4) is 0 Å². The number of nitrogen functional groups attached to an aromatic ring is 1. The summed E-state index contributed by atoms with van der Waals surface area (Å²) in [5.74, 6) is 0.983. The fraction of sp³-hybridized carbons (Fsp3) is 0.375. The summed E-state index contributed by atoms with van der Waals surface area (Å²) in [6.07, 6.45) is 6.28. The zero-order valence-electron chi connectivity index (χ0n) is 11.8. The molecule has 20 heavy (non-hydrogen) atoms. The van der Waals surface area contributed by atoms with E-state index in [9.17, 15) is 0 Å². The van der Waals surface area contributed by atoms with Gasteiger partial charge in [0.1, 0.15) is 12.1 Å². The van der Waals surface area contributed by atoms with Gasteiger partial charge in [-0.3, -0.25) is 0 Å². The molecule has 1 aliphatic carbocycles. The highest BCUT2D eigenvalue weighted by Gasteiger charge is 2.15. The number of benzene rings is 1. The van der Waals surface area contributed by atoms with Crippen LogP contribution in [0.4, 0.5) is 11.5 Å². The number of nitrogens with zero attached hydrogens (tertiary/aromatic N) is 2. The summed E-state index contributed by atoms with van der Waals surface area (Å²) in [7, 11) is 0. The van der Waals surface area contributed by atoms with Crippen LogP contribution >= 0.6 is 0 Å². The van der Waals surface area contributed by atoms with Crippen LogP contribution in [0.5, 0.6) is 0 Å². The Morgan fingerprint density at radius 3 is 2.95 bits per heavy atom. The lowest BCUT2D eigenvalue weighted by atomic mass is 9.96. The molecule has 4 heteroatoms. The quantitative estimate of drug-likeness (QED) is 0.840. The molecule has 0 unspecified atom stereocenters. The second-order valence-corrected chi connectivity index (χ2v) is 5.34. The predicted molar refractivity (Wildman–Crippen MR) is 81.6 cm³/mol. The van der Waals surface area contributed by atoms with Gasteiger partial charge in [-0.2, -0.15) is 0 Å². The fourth-order valence-corrected chi connectivity index (χ4v) is 2.75. The maximum atomic E-state index is 5.95. The number of hydrogen-bond donors (Lipinski definition) is 2. The van der Waals surface area contributed by atoms with Crippen molar-refractivity contribution < 1.29 is 0 Å². The Labute approximate surface area is 119 Å². The number of anilines is 2. The highest BCUT2D eigenvalue weighted by atomic mass is 15.0. The van der Waals surface area contributed by atoms with Gasteiger partial charge in [0.25, 0.3) is 0 Å². The van der Waals surface area contributed by atoms with Crippen molar-refractivity contribution in [2.24, 2.45) is 0 Å². The number of rotatable bonds is 3. The van der Waals surface area contributed by atoms with E-state index in [-0.39, 0.29) is 0 Å². The summed E-state index contributed by atoms with van der Waals surface area (Å²) in [5, 5.41) is 3.45. The van der Waals surface area contributed by atoms with Crippen molar-refractivity contribution in [2.75, 3.05) is 11.1 Å². The molecule has 0 bridgehead atoms. The second-order valence-electron chi connectivity index (χ2n) is 5.34. The van der Waals surface area contributed by atoms with Crippen molar-refractivity contribution in [1.82, 2.24) is 9.97 Å². The Bertz CT molecular complexity index is 622. The number of nitrogens with two attached hydrogens (primary N) is 1. The van der Waals surface area contributed by atoms with Gasteiger partial charge in [-0.05, 0) is 49.8 Å². The van der Waals surface area contributed by atoms with Crippen LogP contribution < -0.4 is 11.1 Å². The molecule has 1 aromatic heterocycles. The molecule has 2 aromatic rings.